The van der Waals surface area contributed by atoms with E-state index in [2.05, 4.69) is 81.5 Å². The van der Waals surface area contributed by atoms with E-state index in [1.54, 1.807) is 0 Å². The topological polar surface area (TPSA) is 55.8 Å². The number of ether oxygens (including phenoxy) is 2. The zero-order valence-electron chi connectivity index (χ0n) is 33.2. The Labute approximate surface area is 309 Å². The van der Waals surface area contributed by atoms with Crippen LogP contribution in [0.2, 0.25) is 0 Å². The highest BCUT2D eigenvalue weighted by Crippen LogP contribution is 2.30. The van der Waals surface area contributed by atoms with Gasteiger partial charge in [-0.25, -0.2) is 0 Å². The maximum absolute atomic E-state index is 12.8. The molecule has 0 heterocycles. The van der Waals surface area contributed by atoms with Crippen LogP contribution in [0.1, 0.15) is 187 Å². The Hall–Kier alpha value is -2.14. The van der Waals surface area contributed by atoms with Gasteiger partial charge in [-0.15, -0.1) is 0 Å². The average molecular weight is 698 g/mol. The summed E-state index contributed by atoms with van der Waals surface area (Å²) in [5, 5.41) is 0. The van der Waals surface area contributed by atoms with E-state index in [9.17, 15) is 9.59 Å². The lowest BCUT2D eigenvalue weighted by atomic mass is 9.84. The molecule has 1 fully saturated rings. The van der Waals surface area contributed by atoms with Crippen LogP contribution in [0.4, 0.5) is 0 Å². The second-order valence-corrected chi connectivity index (χ2v) is 15.0. The Morgan fingerprint density at radius 3 is 1.36 bits per heavy atom. The quantitative estimate of drug-likeness (QED) is 0.0398. The summed E-state index contributed by atoms with van der Waals surface area (Å²) in [6.07, 6.45) is 46.8. The summed E-state index contributed by atoms with van der Waals surface area (Å²) in [5.41, 5.74) is 0. The van der Waals surface area contributed by atoms with Crippen molar-refractivity contribution < 1.29 is 19.1 Å². The minimum atomic E-state index is -0.326. The molecule has 1 saturated carbocycles. The van der Waals surface area contributed by atoms with Crippen LogP contribution in [0.3, 0.4) is 0 Å². The zero-order chi connectivity index (χ0) is 36.3. The number of esters is 2. The number of carbonyl (C=O) groups is 2. The molecule has 0 aromatic rings. The maximum atomic E-state index is 12.8. The van der Waals surface area contributed by atoms with Crippen LogP contribution in [0.15, 0.2) is 48.6 Å². The van der Waals surface area contributed by atoms with Gasteiger partial charge in [0.1, 0.15) is 12.2 Å². The van der Waals surface area contributed by atoms with E-state index in [4.69, 9.17) is 9.47 Å². The van der Waals surface area contributed by atoms with Gasteiger partial charge in [0.05, 0.1) is 0 Å². The molecule has 0 saturated heterocycles. The van der Waals surface area contributed by atoms with Crippen molar-refractivity contribution in [1.29, 1.82) is 0 Å². The third-order valence-electron chi connectivity index (χ3n) is 9.69. The molecular weight excluding hydrogens is 618 g/mol. The van der Waals surface area contributed by atoms with Crippen LogP contribution in [0, 0.1) is 5.92 Å². The van der Waals surface area contributed by atoms with E-state index >= 15 is 0 Å². The van der Waals surface area contributed by atoms with E-state index in [-0.39, 0.29) is 24.1 Å². The van der Waals surface area contributed by atoms with E-state index in [1.807, 2.05) is 0 Å². The fraction of sp³-hybridized carbons (Fsp3) is 0.778. The third kappa shape index (κ3) is 28.5. The first kappa shape index (κ1) is 45.9. The lowest BCUT2D eigenvalue weighted by Crippen LogP contribution is -2.42. The molecule has 1 aliphatic carbocycles. The lowest BCUT2D eigenvalue weighted by molar-refractivity contribution is -0.174. The number of allylic oxidation sites excluding steroid dienone is 8. The fourth-order valence-corrected chi connectivity index (χ4v) is 6.74. The highest BCUT2D eigenvalue weighted by atomic mass is 16.6. The predicted molar refractivity (Wildman–Crippen MR) is 214 cm³/mol. The molecule has 0 bridgehead atoms. The normalized spacial score (nSPS) is 18.4. The summed E-state index contributed by atoms with van der Waals surface area (Å²) < 4.78 is 12.0. The maximum Gasteiger partial charge on any atom is 0.306 e. The monoisotopic (exact) mass is 698 g/mol. The van der Waals surface area contributed by atoms with Gasteiger partial charge in [0.25, 0.3) is 0 Å². The molecule has 5 nitrogen and oxygen atoms in total. The van der Waals surface area contributed by atoms with Crippen molar-refractivity contribution in [3.63, 3.8) is 0 Å². The third-order valence-corrected chi connectivity index (χ3v) is 9.69. The van der Waals surface area contributed by atoms with Crippen molar-refractivity contribution >= 4 is 11.9 Å². The number of unbranched alkanes of at least 4 members (excludes halogenated alkanes) is 16. The molecule has 3 atom stereocenters. The number of rotatable bonds is 32. The Morgan fingerprint density at radius 2 is 0.920 bits per heavy atom. The summed E-state index contributed by atoms with van der Waals surface area (Å²) in [6, 6.07) is 0. The van der Waals surface area contributed by atoms with Gasteiger partial charge in [-0.05, 0) is 116 Å². The van der Waals surface area contributed by atoms with Gasteiger partial charge in [0, 0.05) is 19.4 Å². The molecule has 0 aromatic heterocycles. The van der Waals surface area contributed by atoms with E-state index in [0.717, 1.165) is 90.0 Å². The highest BCUT2D eigenvalue weighted by molar-refractivity contribution is 5.70. The smallest absolute Gasteiger partial charge is 0.306 e. The van der Waals surface area contributed by atoms with Gasteiger partial charge < -0.3 is 14.4 Å². The largest absolute Gasteiger partial charge is 0.458 e. The zero-order valence-corrected chi connectivity index (χ0v) is 33.2. The first-order valence-electron chi connectivity index (χ1n) is 21.1. The van der Waals surface area contributed by atoms with Crippen molar-refractivity contribution in [3.05, 3.63) is 48.6 Å². The SMILES string of the molecule is CCCCC/C=C\C/C=C\CCCCCCCC(=O)O[C@H]1C[C@H](CN(C)C)CC[C@H]1OC(=O)CCCCCCC/C=C\C/C=C\CCCCC. The lowest BCUT2D eigenvalue weighted by Gasteiger charge is -2.36. The molecule has 0 amide bonds. The number of hydrogen-bond donors (Lipinski definition) is 0. The summed E-state index contributed by atoms with van der Waals surface area (Å²) in [7, 11) is 4.17. The summed E-state index contributed by atoms with van der Waals surface area (Å²) >= 11 is 0. The van der Waals surface area contributed by atoms with Gasteiger partial charge in [-0.2, -0.15) is 0 Å². The summed E-state index contributed by atoms with van der Waals surface area (Å²) in [4.78, 5) is 27.8. The molecule has 1 rings (SSSR count). The highest BCUT2D eigenvalue weighted by Gasteiger charge is 2.35. The van der Waals surface area contributed by atoms with Crippen LogP contribution in [0.25, 0.3) is 0 Å². The number of nitrogens with zero attached hydrogens (tertiary/aromatic N) is 1. The summed E-state index contributed by atoms with van der Waals surface area (Å²) in [5.74, 6) is 0.179. The van der Waals surface area contributed by atoms with Crippen LogP contribution < -0.4 is 0 Å². The molecule has 0 radical (unpaired) electrons. The van der Waals surface area contributed by atoms with Gasteiger partial charge in [-0.3, -0.25) is 9.59 Å². The molecule has 5 heteroatoms. The van der Waals surface area contributed by atoms with Gasteiger partial charge in [0.15, 0.2) is 0 Å². The number of hydrogen-bond acceptors (Lipinski definition) is 5. The van der Waals surface area contributed by atoms with Crippen LogP contribution in [0.5, 0.6) is 0 Å². The first-order chi connectivity index (χ1) is 24.5. The minimum absolute atomic E-state index is 0.137. The second kappa shape index (κ2) is 34.0. The Balaban J connectivity index is 2.23. The minimum Gasteiger partial charge on any atom is -0.458 e. The van der Waals surface area contributed by atoms with Gasteiger partial charge >= 0.3 is 11.9 Å². The first-order valence-corrected chi connectivity index (χ1v) is 21.1. The molecule has 0 N–H and O–H groups in total. The molecule has 0 spiro atoms. The molecule has 0 unspecified atom stereocenters. The Bertz CT molecular complexity index is 920. The summed E-state index contributed by atoms with van der Waals surface area (Å²) in [6.45, 7) is 5.46. The molecule has 50 heavy (non-hydrogen) atoms. The fourth-order valence-electron chi connectivity index (χ4n) is 6.74. The van der Waals surface area contributed by atoms with Gasteiger partial charge in [-0.1, -0.05) is 127 Å². The van der Waals surface area contributed by atoms with Crippen LogP contribution in [-0.2, 0) is 19.1 Å². The van der Waals surface area contributed by atoms with Gasteiger partial charge in [0.2, 0.25) is 0 Å². The van der Waals surface area contributed by atoms with Crippen LogP contribution >= 0.6 is 0 Å². The van der Waals surface area contributed by atoms with Crippen molar-refractivity contribution in [2.75, 3.05) is 20.6 Å². The van der Waals surface area contributed by atoms with E-state index in [1.165, 1.54) is 77.0 Å². The van der Waals surface area contributed by atoms with Crippen molar-refractivity contribution in [3.8, 4) is 0 Å². The second-order valence-electron chi connectivity index (χ2n) is 15.0. The van der Waals surface area contributed by atoms with Crippen molar-refractivity contribution in [2.45, 2.75) is 199 Å². The van der Waals surface area contributed by atoms with Crippen molar-refractivity contribution in [1.82, 2.24) is 4.90 Å². The standard InChI is InChI=1S/C45H79NO4/c1-5-7-9-11-13-15-17-19-21-23-25-27-29-31-33-35-44(47)49-42-38-37-41(40-46(3)4)39-43(42)50-45(48)36-34-32-30-28-26-24-22-20-18-16-14-12-10-8-6-2/h13-16,19-22,41-43H,5-12,17-18,23-40H2,1-4H3/b15-13-,16-14-,21-19-,22-20-/t41-,42-,43+/m1/s1. The molecular formula is C45H79NO4. The van der Waals surface area contributed by atoms with E-state index < -0.39 is 0 Å². The predicted octanol–water partition coefficient (Wildman–Crippen LogP) is 12.8. The average Bonchev–Trinajstić information content (AvgIpc) is 3.09. The van der Waals surface area contributed by atoms with Crippen LogP contribution in [-0.4, -0.2) is 49.7 Å². The van der Waals surface area contributed by atoms with E-state index in [0.29, 0.717) is 18.8 Å². The molecule has 0 aliphatic heterocycles. The Morgan fingerprint density at radius 1 is 0.520 bits per heavy atom. The molecule has 288 valence electrons. The van der Waals surface area contributed by atoms with Crippen molar-refractivity contribution in [2.24, 2.45) is 5.92 Å². The Kier molecular flexibility index (Phi) is 31.2. The number of carbonyl (C=O) groups excluding carboxylic acids is 2. The molecule has 0 aromatic carbocycles. The molecule has 1 aliphatic rings.